The minimum absolute atomic E-state index is 0.276. The molecule has 1 rings (SSSR count). The molecule has 2 atom stereocenters. The maximum Gasteiger partial charge on any atom is 0.138 e. The van der Waals surface area contributed by atoms with Crippen LogP contribution in [0.3, 0.4) is 0 Å². The third kappa shape index (κ3) is 4.84. The number of hydrogen-bond acceptors (Lipinski definition) is 3. The number of ether oxygens (including phenoxy) is 1. The van der Waals surface area contributed by atoms with Gasteiger partial charge in [-0.2, -0.15) is 0 Å². The van der Waals surface area contributed by atoms with Gasteiger partial charge in [-0.05, 0) is 31.5 Å². The predicted molar refractivity (Wildman–Crippen MR) is 75.2 cm³/mol. The molecule has 4 heteroatoms. The van der Waals surface area contributed by atoms with Gasteiger partial charge in [0.15, 0.2) is 0 Å². The molecule has 2 unspecified atom stereocenters. The van der Waals surface area contributed by atoms with Crippen molar-refractivity contribution in [3.63, 3.8) is 0 Å². The Morgan fingerprint density at radius 2 is 1.94 bits per heavy atom. The zero-order valence-corrected chi connectivity index (χ0v) is 12.2. The molecule has 0 aliphatic rings. The first-order valence-corrected chi connectivity index (χ1v) is 6.64. The Balaban J connectivity index is 2.67. The zero-order valence-electron chi connectivity index (χ0n) is 11.4. The molecule has 0 bridgehead atoms. The molecule has 0 heterocycles. The maximum absolute atomic E-state index is 9.39. The van der Waals surface area contributed by atoms with Crippen molar-refractivity contribution in [1.82, 2.24) is 5.32 Å². The molecule has 0 radical (unpaired) electrons. The van der Waals surface area contributed by atoms with Crippen molar-refractivity contribution in [3.05, 3.63) is 28.8 Å². The lowest BCUT2D eigenvalue weighted by atomic mass is 10.2. The summed E-state index contributed by atoms with van der Waals surface area (Å²) in [6, 6.07) is 6.15. The Kier molecular flexibility index (Phi) is 5.93. The molecule has 102 valence electrons. The Morgan fingerprint density at radius 3 is 2.44 bits per heavy atom. The van der Waals surface area contributed by atoms with Gasteiger partial charge in [-0.1, -0.05) is 31.5 Å². The highest BCUT2D eigenvalue weighted by Crippen LogP contribution is 2.26. The SMILES string of the molecule is CC(C)NCc1ccc(OC(C)C(C)O)c(Cl)c1. The van der Waals surface area contributed by atoms with E-state index in [9.17, 15) is 5.11 Å². The molecule has 3 nitrogen and oxygen atoms in total. The van der Waals surface area contributed by atoms with E-state index >= 15 is 0 Å². The van der Waals surface area contributed by atoms with E-state index < -0.39 is 6.10 Å². The lowest BCUT2D eigenvalue weighted by Crippen LogP contribution is -2.25. The molecule has 0 fully saturated rings. The summed E-state index contributed by atoms with van der Waals surface area (Å²) in [7, 11) is 0. The van der Waals surface area contributed by atoms with Gasteiger partial charge in [-0.25, -0.2) is 0 Å². The van der Waals surface area contributed by atoms with E-state index in [2.05, 4.69) is 19.2 Å². The van der Waals surface area contributed by atoms with Gasteiger partial charge < -0.3 is 15.2 Å². The summed E-state index contributed by atoms with van der Waals surface area (Å²) < 4.78 is 5.58. The number of aliphatic hydroxyl groups excluding tert-OH is 1. The van der Waals surface area contributed by atoms with E-state index in [-0.39, 0.29) is 6.10 Å². The van der Waals surface area contributed by atoms with Crippen LogP contribution in [0.25, 0.3) is 0 Å². The van der Waals surface area contributed by atoms with Crippen molar-refractivity contribution in [2.45, 2.75) is 52.5 Å². The minimum atomic E-state index is -0.525. The summed E-state index contributed by atoms with van der Waals surface area (Å²) in [6.45, 7) is 8.49. The number of aliphatic hydroxyl groups is 1. The summed E-state index contributed by atoms with van der Waals surface area (Å²) in [6.07, 6.45) is -0.800. The molecular formula is C14H22ClNO2. The highest BCUT2D eigenvalue weighted by atomic mass is 35.5. The van der Waals surface area contributed by atoms with E-state index in [4.69, 9.17) is 16.3 Å². The summed E-state index contributed by atoms with van der Waals surface area (Å²) in [4.78, 5) is 0. The Morgan fingerprint density at radius 1 is 1.28 bits per heavy atom. The van der Waals surface area contributed by atoms with Gasteiger partial charge in [0.2, 0.25) is 0 Å². The fourth-order valence-corrected chi connectivity index (χ4v) is 1.62. The second kappa shape index (κ2) is 6.98. The van der Waals surface area contributed by atoms with Gasteiger partial charge in [-0.3, -0.25) is 0 Å². The third-order valence-electron chi connectivity index (χ3n) is 2.70. The van der Waals surface area contributed by atoms with Gasteiger partial charge in [0.25, 0.3) is 0 Å². The van der Waals surface area contributed by atoms with Crippen LogP contribution >= 0.6 is 11.6 Å². The number of hydrogen-bond donors (Lipinski definition) is 2. The molecule has 0 aromatic heterocycles. The Hall–Kier alpha value is -0.770. The average Bonchev–Trinajstić information content (AvgIpc) is 2.29. The molecule has 0 aliphatic carbocycles. The van der Waals surface area contributed by atoms with E-state index in [1.807, 2.05) is 25.1 Å². The monoisotopic (exact) mass is 271 g/mol. The fourth-order valence-electron chi connectivity index (χ4n) is 1.37. The van der Waals surface area contributed by atoms with Crippen molar-refractivity contribution in [2.24, 2.45) is 0 Å². The molecule has 2 N–H and O–H groups in total. The smallest absolute Gasteiger partial charge is 0.138 e. The molecule has 0 saturated heterocycles. The Bertz CT molecular complexity index is 380. The second-order valence-electron chi connectivity index (χ2n) is 4.86. The van der Waals surface area contributed by atoms with Crippen LogP contribution in [0, 0.1) is 0 Å². The van der Waals surface area contributed by atoms with Crippen LogP contribution in [-0.4, -0.2) is 23.4 Å². The topological polar surface area (TPSA) is 41.5 Å². The summed E-state index contributed by atoms with van der Waals surface area (Å²) in [5, 5.41) is 13.3. The molecule has 18 heavy (non-hydrogen) atoms. The number of halogens is 1. The van der Waals surface area contributed by atoms with Crippen molar-refractivity contribution >= 4 is 11.6 Å². The van der Waals surface area contributed by atoms with Gasteiger partial charge in [0.05, 0.1) is 11.1 Å². The van der Waals surface area contributed by atoms with Crippen molar-refractivity contribution in [2.75, 3.05) is 0 Å². The maximum atomic E-state index is 9.39. The molecule has 0 amide bonds. The van der Waals surface area contributed by atoms with Crippen molar-refractivity contribution < 1.29 is 9.84 Å². The predicted octanol–water partition coefficient (Wildman–Crippen LogP) is 2.99. The quantitative estimate of drug-likeness (QED) is 0.836. The largest absolute Gasteiger partial charge is 0.486 e. The molecule has 0 aliphatic heterocycles. The fraction of sp³-hybridized carbons (Fsp3) is 0.571. The van der Waals surface area contributed by atoms with Crippen molar-refractivity contribution in [3.8, 4) is 5.75 Å². The molecule has 1 aromatic rings. The first-order chi connectivity index (χ1) is 8.40. The van der Waals surface area contributed by atoms with Gasteiger partial charge in [0, 0.05) is 12.6 Å². The number of benzene rings is 1. The van der Waals surface area contributed by atoms with Crippen LogP contribution in [0.2, 0.25) is 5.02 Å². The molecule has 1 aromatic carbocycles. The van der Waals surface area contributed by atoms with Crippen LogP contribution in [-0.2, 0) is 6.54 Å². The minimum Gasteiger partial charge on any atom is -0.486 e. The van der Waals surface area contributed by atoms with E-state index in [1.54, 1.807) is 6.92 Å². The Labute approximate surface area is 114 Å². The normalized spacial score (nSPS) is 14.6. The zero-order chi connectivity index (χ0) is 13.7. The molecular weight excluding hydrogens is 250 g/mol. The summed E-state index contributed by atoms with van der Waals surface area (Å²) >= 11 is 6.16. The van der Waals surface area contributed by atoms with E-state index in [1.165, 1.54) is 0 Å². The van der Waals surface area contributed by atoms with Crippen LogP contribution < -0.4 is 10.1 Å². The highest BCUT2D eigenvalue weighted by molar-refractivity contribution is 6.32. The van der Waals surface area contributed by atoms with Crippen LogP contribution in [0.1, 0.15) is 33.3 Å². The van der Waals surface area contributed by atoms with Crippen molar-refractivity contribution in [1.29, 1.82) is 0 Å². The van der Waals surface area contributed by atoms with Crippen LogP contribution in [0.4, 0.5) is 0 Å². The highest BCUT2D eigenvalue weighted by Gasteiger charge is 2.12. The van der Waals surface area contributed by atoms with Gasteiger partial charge in [-0.15, -0.1) is 0 Å². The van der Waals surface area contributed by atoms with E-state index in [0.29, 0.717) is 16.8 Å². The third-order valence-corrected chi connectivity index (χ3v) is 3.00. The first kappa shape index (κ1) is 15.3. The van der Waals surface area contributed by atoms with Crippen LogP contribution in [0.15, 0.2) is 18.2 Å². The van der Waals surface area contributed by atoms with Gasteiger partial charge in [0.1, 0.15) is 11.9 Å². The summed E-state index contributed by atoms with van der Waals surface area (Å²) in [5.74, 6) is 0.610. The van der Waals surface area contributed by atoms with Gasteiger partial charge >= 0.3 is 0 Å². The number of rotatable bonds is 6. The average molecular weight is 272 g/mol. The molecule has 0 saturated carbocycles. The van der Waals surface area contributed by atoms with E-state index in [0.717, 1.165) is 12.1 Å². The standard InChI is InChI=1S/C14H22ClNO2/c1-9(2)16-8-12-5-6-14(13(15)7-12)18-11(4)10(3)17/h5-7,9-11,16-17H,8H2,1-4H3. The lowest BCUT2D eigenvalue weighted by molar-refractivity contribution is 0.0605. The second-order valence-corrected chi connectivity index (χ2v) is 5.27. The van der Waals surface area contributed by atoms with Crippen LogP contribution in [0.5, 0.6) is 5.75 Å². The molecule has 0 spiro atoms. The summed E-state index contributed by atoms with van der Waals surface area (Å²) in [5.41, 5.74) is 1.12. The lowest BCUT2D eigenvalue weighted by Gasteiger charge is -2.18. The first-order valence-electron chi connectivity index (χ1n) is 6.26. The number of nitrogens with one attached hydrogen (secondary N) is 1.